The Hall–Kier alpha value is -3.08. The summed E-state index contributed by atoms with van der Waals surface area (Å²) in [7, 11) is 0. The summed E-state index contributed by atoms with van der Waals surface area (Å²) < 4.78 is 1.85. The first kappa shape index (κ1) is 16.4. The highest BCUT2D eigenvalue weighted by Crippen LogP contribution is 2.18. The van der Waals surface area contributed by atoms with Gasteiger partial charge in [-0.3, -0.25) is 9.48 Å². The van der Waals surface area contributed by atoms with Gasteiger partial charge in [0.15, 0.2) is 5.69 Å². The molecule has 0 saturated heterocycles. The van der Waals surface area contributed by atoms with Crippen molar-refractivity contribution in [1.29, 1.82) is 0 Å². The third-order valence-electron chi connectivity index (χ3n) is 4.65. The quantitative estimate of drug-likeness (QED) is 0.747. The molecule has 2 N–H and O–H groups in total. The number of carbonyl (C=O) groups is 1. The van der Waals surface area contributed by atoms with Gasteiger partial charge < -0.3 is 10.6 Å². The van der Waals surface area contributed by atoms with Crippen LogP contribution < -0.4 is 10.6 Å². The van der Waals surface area contributed by atoms with Gasteiger partial charge in [-0.15, -0.1) is 0 Å². The van der Waals surface area contributed by atoms with Gasteiger partial charge in [-0.2, -0.15) is 5.10 Å². The molecule has 1 aliphatic rings. The zero-order valence-electron chi connectivity index (χ0n) is 14.6. The zero-order chi connectivity index (χ0) is 17.8. The van der Waals surface area contributed by atoms with Crippen molar-refractivity contribution in [2.24, 2.45) is 0 Å². The molecular formula is C21H22N4O. The summed E-state index contributed by atoms with van der Waals surface area (Å²) in [5.74, 6) is -0.107. The van der Waals surface area contributed by atoms with Crippen molar-refractivity contribution in [3.63, 3.8) is 0 Å². The van der Waals surface area contributed by atoms with Gasteiger partial charge >= 0.3 is 0 Å². The van der Waals surface area contributed by atoms with Crippen LogP contribution in [0.4, 0.5) is 5.69 Å². The highest BCUT2D eigenvalue weighted by Gasteiger charge is 2.24. The van der Waals surface area contributed by atoms with Crippen LogP contribution in [-0.4, -0.2) is 28.3 Å². The summed E-state index contributed by atoms with van der Waals surface area (Å²) in [6.45, 7) is 1.44. The minimum Gasteiger partial charge on any atom is -0.380 e. The van der Waals surface area contributed by atoms with Crippen LogP contribution in [0, 0.1) is 0 Å². The number of carbonyl (C=O) groups excluding carboxylic acids is 1. The first-order valence-corrected chi connectivity index (χ1v) is 8.98. The van der Waals surface area contributed by atoms with Gasteiger partial charge in [-0.05, 0) is 24.0 Å². The lowest BCUT2D eigenvalue weighted by atomic mass is 10.1. The highest BCUT2D eigenvalue weighted by molar-refractivity contribution is 5.98. The van der Waals surface area contributed by atoms with Gasteiger partial charge in [0.1, 0.15) is 0 Å². The molecule has 4 rings (SSSR count). The lowest BCUT2D eigenvalue weighted by molar-refractivity contribution is 0.0936. The molecule has 5 nitrogen and oxygen atoms in total. The molecule has 0 fully saturated rings. The number of aryl methyl sites for hydroxylation is 2. The predicted octanol–water partition coefficient (Wildman–Crippen LogP) is 2.89. The van der Waals surface area contributed by atoms with Crippen molar-refractivity contribution in [2.75, 3.05) is 11.9 Å². The van der Waals surface area contributed by atoms with E-state index in [1.807, 2.05) is 47.3 Å². The average molecular weight is 346 g/mol. The van der Waals surface area contributed by atoms with Gasteiger partial charge in [-0.25, -0.2) is 0 Å². The van der Waals surface area contributed by atoms with Gasteiger partial charge in [0.05, 0.1) is 11.7 Å². The maximum Gasteiger partial charge on any atom is 0.274 e. The van der Waals surface area contributed by atoms with E-state index in [0.717, 1.165) is 25.1 Å². The normalized spacial score (nSPS) is 16.3. The fraction of sp³-hybridized carbons (Fsp3) is 0.238. The molecule has 5 heteroatoms. The smallest absolute Gasteiger partial charge is 0.274 e. The van der Waals surface area contributed by atoms with Crippen molar-refractivity contribution in [1.82, 2.24) is 15.1 Å². The second-order valence-electron chi connectivity index (χ2n) is 6.63. The molecule has 0 radical (unpaired) electrons. The van der Waals surface area contributed by atoms with Gasteiger partial charge in [-0.1, -0.05) is 60.7 Å². The fourth-order valence-electron chi connectivity index (χ4n) is 3.28. The Morgan fingerprint density at radius 2 is 1.69 bits per heavy atom. The van der Waals surface area contributed by atoms with E-state index in [-0.39, 0.29) is 11.9 Å². The van der Waals surface area contributed by atoms with Crippen molar-refractivity contribution in [2.45, 2.75) is 25.4 Å². The lowest BCUT2D eigenvalue weighted by Gasteiger charge is -2.16. The fourth-order valence-corrected chi connectivity index (χ4v) is 3.28. The number of nitrogens with one attached hydrogen (secondary N) is 2. The molecular weight excluding hydrogens is 324 g/mol. The Labute approximate surface area is 153 Å². The highest BCUT2D eigenvalue weighted by atomic mass is 16.2. The van der Waals surface area contributed by atoms with Gasteiger partial charge in [0, 0.05) is 19.3 Å². The number of fused-ring (bicyclic) bond motifs is 1. The molecule has 0 aliphatic carbocycles. The Morgan fingerprint density at radius 1 is 1.00 bits per heavy atom. The summed E-state index contributed by atoms with van der Waals surface area (Å²) in [6.07, 6.45) is 3.63. The Kier molecular flexibility index (Phi) is 4.69. The summed E-state index contributed by atoms with van der Waals surface area (Å²) in [4.78, 5) is 12.6. The van der Waals surface area contributed by atoms with Crippen LogP contribution in [0.25, 0.3) is 0 Å². The molecule has 2 aromatic carbocycles. The van der Waals surface area contributed by atoms with Crippen molar-refractivity contribution < 1.29 is 4.79 Å². The van der Waals surface area contributed by atoms with Crippen LogP contribution in [0.1, 0.15) is 21.6 Å². The molecule has 1 atom stereocenters. The van der Waals surface area contributed by atoms with Crippen LogP contribution in [0.3, 0.4) is 0 Å². The first-order chi connectivity index (χ1) is 12.8. The lowest BCUT2D eigenvalue weighted by Crippen LogP contribution is -2.39. The topological polar surface area (TPSA) is 59.0 Å². The second kappa shape index (κ2) is 7.44. The van der Waals surface area contributed by atoms with Crippen molar-refractivity contribution in [3.8, 4) is 0 Å². The average Bonchev–Trinajstić information content (AvgIpc) is 3.03. The number of hydrogen-bond donors (Lipinski definition) is 2. The van der Waals surface area contributed by atoms with Crippen molar-refractivity contribution >= 4 is 11.6 Å². The Bertz CT molecular complexity index is 874. The van der Waals surface area contributed by atoms with E-state index in [1.165, 1.54) is 11.1 Å². The Balaban J connectivity index is 1.41. The van der Waals surface area contributed by atoms with Crippen LogP contribution in [0.15, 0.2) is 66.9 Å². The first-order valence-electron chi connectivity index (χ1n) is 8.98. The predicted molar refractivity (Wildman–Crippen MR) is 102 cm³/mol. The number of benzene rings is 2. The third kappa shape index (κ3) is 3.77. The number of nitrogens with zero attached hydrogens (tertiary/aromatic N) is 2. The summed E-state index contributed by atoms with van der Waals surface area (Å²) in [6, 6.07) is 20.6. The molecule has 1 amide bonds. The monoisotopic (exact) mass is 346 g/mol. The zero-order valence-corrected chi connectivity index (χ0v) is 14.6. The molecule has 1 aliphatic heterocycles. The largest absolute Gasteiger partial charge is 0.380 e. The summed E-state index contributed by atoms with van der Waals surface area (Å²) in [5, 5.41) is 11.0. The van der Waals surface area contributed by atoms with E-state index in [9.17, 15) is 4.79 Å². The molecule has 132 valence electrons. The van der Waals surface area contributed by atoms with E-state index in [2.05, 4.69) is 40.0 Å². The van der Waals surface area contributed by atoms with Gasteiger partial charge in [0.2, 0.25) is 0 Å². The van der Waals surface area contributed by atoms with E-state index < -0.39 is 0 Å². The molecule has 1 aromatic heterocycles. The van der Waals surface area contributed by atoms with Crippen LogP contribution in [-0.2, 0) is 19.4 Å². The number of aromatic nitrogens is 2. The standard InChI is InChI=1S/C21H22N4O/c26-21-20-19(15-25(24-20)12-11-16-7-3-1-4-8-16)22-14-18(23-21)13-17-9-5-2-6-10-17/h1-10,15,18,22H,11-14H2,(H,23,26). The van der Waals surface area contributed by atoms with Crippen molar-refractivity contribution in [3.05, 3.63) is 83.7 Å². The summed E-state index contributed by atoms with van der Waals surface area (Å²) >= 11 is 0. The van der Waals surface area contributed by atoms with Crippen LogP contribution in [0.2, 0.25) is 0 Å². The number of amides is 1. The SMILES string of the molecule is O=C1NC(Cc2ccccc2)CNc2cn(CCc3ccccc3)nc21. The van der Waals surface area contributed by atoms with Crippen LogP contribution in [0.5, 0.6) is 0 Å². The number of rotatable bonds is 5. The molecule has 0 spiro atoms. The Morgan fingerprint density at radius 3 is 2.42 bits per heavy atom. The van der Waals surface area contributed by atoms with Crippen LogP contribution >= 0.6 is 0 Å². The van der Waals surface area contributed by atoms with E-state index >= 15 is 0 Å². The minimum atomic E-state index is -0.107. The molecule has 0 saturated carbocycles. The minimum absolute atomic E-state index is 0.0527. The second-order valence-corrected chi connectivity index (χ2v) is 6.63. The third-order valence-corrected chi connectivity index (χ3v) is 4.65. The van der Waals surface area contributed by atoms with Gasteiger partial charge in [0.25, 0.3) is 5.91 Å². The number of hydrogen-bond acceptors (Lipinski definition) is 3. The molecule has 26 heavy (non-hydrogen) atoms. The van der Waals surface area contributed by atoms with E-state index in [4.69, 9.17) is 0 Å². The number of anilines is 1. The van der Waals surface area contributed by atoms with E-state index in [0.29, 0.717) is 12.2 Å². The summed E-state index contributed by atoms with van der Waals surface area (Å²) in [5.41, 5.74) is 3.77. The van der Waals surface area contributed by atoms with E-state index in [1.54, 1.807) is 0 Å². The maximum absolute atomic E-state index is 12.6. The maximum atomic E-state index is 12.6. The molecule has 3 aromatic rings. The molecule has 2 heterocycles. The molecule has 1 unspecified atom stereocenters. The molecule has 0 bridgehead atoms.